The van der Waals surface area contributed by atoms with E-state index in [-0.39, 0.29) is 0 Å². The molecule has 1 aromatic heterocycles. The number of hydrogen-bond donors (Lipinski definition) is 2. The summed E-state index contributed by atoms with van der Waals surface area (Å²) < 4.78 is 5.51. The van der Waals surface area contributed by atoms with Gasteiger partial charge in [-0.05, 0) is 31.2 Å². The Morgan fingerprint density at radius 3 is 2.64 bits per heavy atom. The SMILES string of the molecule is COc1ccc2[nH]cc(Sc3ccccc3N3CCNCC3)c2c1C. The zero-order chi connectivity index (χ0) is 17.2. The molecule has 4 nitrogen and oxygen atoms in total. The number of hydrogen-bond acceptors (Lipinski definition) is 4. The van der Waals surface area contributed by atoms with Crippen LogP contribution in [0.3, 0.4) is 0 Å². The normalized spacial score (nSPS) is 14.9. The fourth-order valence-electron chi connectivity index (χ4n) is 3.48. The van der Waals surface area contributed by atoms with Crippen LogP contribution < -0.4 is 15.0 Å². The summed E-state index contributed by atoms with van der Waals surface area (Å²) in [6.07, 6.45) is 2.11. The Labute approximate surface area is 152 Å². The molecule has 0 spiro atoms. The highest BCUT2D eigenvalue weighted by Crippen LogP contribution is 2.41. The fraction of sp³-hybridized carbons (Fsp3) is 0.300. The lowest BCUT2D eigenvalue weighted by Gasteiger charge is -2.30. The Bertz CT molecular complexity index is 884. The number of H-pyrrole nitrogens is 1. The molecular formula is C20H23N3OS. The molecule has 0 atom stereocenters. The summed E-state index contributed by atoms with van der Waals surface area (Å²) in [5, 5.41) is 4.68. The Morgan fingerprint density at radius 1 is 1.04 bits per heavy atom. The lowest BCUT2D eigenvalue weighted by molar-refractivity contribution is 0.412. The minimum Gasteiger partial charge on any atom is -0.496 e. The number of nitrogens with one attached hydrogen (secondary N) is 2. The molecule has 2 heterocycles. The quantitative estimate of drug-likeness (QED) is 0.742. The van der Waals surface area contributed by atoms with Gasteiger partial charge in [-0.25, -0.2) is 0 Å². The lowest BCUT2D eigenvalue weighted by Crippen LogP contribution is -2.43. The van der Waals surface area contributed by atoms with Gasteiger partial charge in [0.2, 0.25) is 0 Å². The van der Waals surface area contributed by atoms with Crippen molar-refractivity contribution in [2.24, 2.45) is 0 Å². The molecule has 0 amide bonds. The van der Waals surface area contributed by atoms with Gasteiger partial charge < -0.3 is 19.9 Å². The smallest absolute Gasteiger partial charge is 0.122 e. The molecule has 0 saturated carbocycles. The molecule has 0 radical (unpaired) electrons. The van der Waals surface area contributed by atoms with Crippen LogP contribution in [0.4, 0.5) is 5.69 Å². The van der Waals surface area contributed by atoms with Gasteiger partial charge in [0.05, 0.1) is 12.8 Å². The van der Waals surface area contributed by atoms with E-state index < -0.39 is 0 Å². The predicted octanol–water partition coefficient (Wildman–Crippen LogP) is 4.05. The van der Waals surface area contributed by atoms with Gasteiger partial charge in [-0.2, -0.15) is 0 Å². The molecule has 1 aliphatic heterocycles. The third kappa shape index (κ3) is 3.10. The van der Waals surface area contributed by atoms with Crippen LogP contribution in [-0.2, 0) is 0 Å². The summed E-state index contributed by atoms with van der Waals surface area (Å²) >= 11 is 1.83. The van der Waals surface area contributed by atoms with Crippen molar-refractivity contribution < 1.29 is 4.74 Å². The molecule has 0 aliphatic carbocycles. The minimum absolute atomic E-state index is 0.935. The summed E-state index contributed by atoms with van der Waals surface area (Å²) in [6, 6.07) is 12.8. The number of ether oxygens (including phenoxy) is 1. The van der Waals surface area contributed by atoms with Crippen LogP contribution in [0, 0.1) is 6.92 Å². The van der Waals surface area contributed by atoms with Gasteiger partial charge in [-0.1, -0.05) is 23.9 Å². The van der Waals surface area contributed by atoms with Crippen molar-refractivity contribution in [3.8, 4) is 5.75 Å². The number of aryl methyl sites for hydroxylation is 1. The maximum Gasteiger partial charge on any atom is 0.122 e. The van der Waals surface area contributed by atoms with Gasteiger partial charge in [0.15, 0.2) is 0 Å². The Balaban J connectivity index is 1.72. The number of aromatic amines is 1. The second-order valence-corrected chi connectivity index (χ2v) is 7.36. The van der Waals surface area contributed by atoms with Crippen LogP contribution in [0.15, 0.2) is 52.4 Å². The van der Waals surface area contributed by atoms with Crippen molar-refractivity contribution in [2.75, 3.05) is 38.2 Å². The van der Waals surface area contributed by atoms with Crippen molar-refractivity contribution >= 4 is 28.4 Å². The maximum atomic E-state index is 5.51. The first-order valence-corrected chi connectivity index (χ1v) is 9.47. The zero-order valence-electron chi connectivity index (χ0n) is 14.6. The first-order chi connectivity index (χ1) is 12.3. The van der Waals surface area contributed by atoms with Crippen LogP contribution in [0.1, 0.15) is 5.56 Å². The number of nitrogens with zero attached hydrogens (tertiary/aromatic N) is 1. The molecule has 0 unspecified atom stereocenters. The monoisotopic (exact) mass is 353 g/mol. The largest absolute Gasteiger partial charge is 0.496 e. The molecule has 5 heteroatoms. The molecule has 2 aromatic carbocycles. The van der Waals surface area contributed by atoms with Crippen molar-refractivity contribution in [1.82, 2.24) is 10.3 Å². The van der Waals surface area contributed by atoms with Gasteiger partial charge >= 0.3 is 0 Å². The Morgan fingerprint density at radius 2 is 1.84 bits per heavy atom. The van der Waals surface area contributed by atoms with E-state index in [9.17, 15) is 0 Å². The van der Waals surface area contributed by atoms with E-state index in [0.717, 1.165) is 37.4 Å². The van der Waals surface area contributed by atoms with E-state index in [1.165, 1.54) is 26.4 Å². The fourth-order valence-corrected chi connectivity index (χ4v) is 4.64. The van der Waals surface area contributed by atoms with Crippen molar-refractivity contribution in [3.63, 3.8) is 0 Å². The molecule has 1 saturated heterocycles. The first kappa shape index (κ1) is 16.4. The molecule has 1 fully saturated rings. The number of anilines is 1. The van der Waals surface area contributed by atoms with E-state index in [2.05, 4.69) is 58.7 Å². The van der Waals surface area contributed by atoms with Crippen LogP contribution >= 0.6 is 11.8 Å². The maximum absolute atomic E-state index is 5.51. The van der Waals surface area contributed by atoms with Gasteiger partial charge in [0.1, 0.15) is 5.75 Å². The molecule has 1 aliphatic rings. The van der Waals surface area contributed by atoms with E-state index in [1.807, 2.05) is 17.8 Å². The molecular weight excluding hydrogens is 330 g/mol. The van der Waals surface area contributed by atoms with Gasteiger partial charge in [-0.15, -0.1) is 0 Å². The highest BCUT2D eigenvalue weighted by Gasteiger charge is 2.17. The number of para-hydroxylation sites is 1. The van der Waals surface area contributed by atoms with Crippen LogP contribution in [0.5, 0.6) is 5.75 Å². The average molecular weight is 353 g/mol. The predicted molar refractivity (Wildman–Crippen MR) is 105 cm³/mol. The second kappa shape index (κ2) is 7.02. The van der Waals surface area contributed by atoms with Gasteiger partial charge in [-0.3, -0.25) is 0 Å². The molecule has 0 bridgehead atoms. The number of rotatable bonds is 4. The number of piperazine rings is 1. The molecule has 130 valence electrons. The Kier molecular flexibility index (Phi) is 4.59. The number of benzene rings is 2. The van der Waals surface area contributed by atoms with Crippen LogP contribution in [-0.4, -0.2) is 38.3 Å². The van der Waals surface area contributed by atoms with Crippen molar-refractivity contribution in [1.29, 1.82) is 0 Å². The molecule has 4 rings (SSSR count). The van der Waals surface area contributed by atoms with Gasteiger partial charge in [0, 0.05) is 58.6 Å². The molecule has 3 aromatic rings. The number of fused-ring (bicyclic) bond motifs is 1. The summed E-state index contributed by atoms with van der Waals surface area (Å²) in [4.78, 5) is 8.42. The van der Waals surface area contributed by atoms with Crippen molar-refractivity contribution in [2.45, 2.75) is 16.7 Å². The number of methoxy groups -OCH3 is 1. The number of aromatic nitrogens is 1. The highest BCUT2D eigenvalue weighted by molar-refractivity contribution is 7.99. The summed E-state index contributed by atoms with van der Waals surface area (Å²) in [5.41, 5.74) is 3.66. The highest BCUT2D eigenvalue weighted by atomic mass is 32.2. The molecule has 2 N–H and O–H groups in total. The summed E-state index contributed by atoms with van der Waals surface area (Å²) in [5.74, 6) is 0.935. The first-order valence-electron chi connectivity index (χ1n) is 8.65. The third-order valence-corrected chi connectivity index (χ3v) is 5.89. The van der Waals surface area contributed by atoms with Crippen LogP contribution in [0.25, 0.3) is 10.9 Å². The summed E-state index contributed by atoms with van der Waals surface area (Å²) in [6.45, 7) is 6.32. The van der Waals surface area contributed by atoms with E-state index >= 15 is 0 Å². The topological polar surface area (TPSA) is 40.3 Å². The lowest BCUT2D eigenvalue weighted by atomic mass is 10.1. The van der Waals surface area contributed by atoms with Crippen molar-refractivity contribution in [3.05, 3.63) is 48.2 Å². The molecule has 25 heavy (non-hydrogen) atoms. The average Bonchev–Trinajstić information content (AvgIpc) is 3.07. The zero-order valence-corrected chi connectivity index (χ0v) is 15.5. The van der Waals surface area contributed by atoms with Crippen LogP contribution in [0.2, 0.25) is 0 Å². The third-order valence-electron chi connectivity index (χ3n) is 4.78. The standard InChI is InChI=1S/C20H23N3OS/c1-14-17(24-2)8-7-15-20(14)19(13-22-15)25-18-6-4-3-5-16(18)23-11-9-21-10-12-23/h3-8,13,21-22H,9-12H2,1-2H3. The van der Waals surface area contributed by atoms with E-state index in [1.54, 1.807) is 7.11 Å². The van der Waals surface area contributed by atoms with Gasteiger partial charge in [0.25, 0.3) is 0 Å². The second-order valence-electron chi connectivity index (χ2n) is 6.28. The Hall–Kier alpha value is -2.11. The minimum atomic E-state index is 0.935. The summed E-state index contributed by atoms with van der Waals surface area (Å²) in [7, 11) is 1.73. The van der Waals surface area contributed by atoms with E-state index in [0.29, 0.717) is 0 Å². The van der Waals surface area contributed by atoms with E-state index in [4.69, 9.17) is 4.74 Å².